The number of nitrogens with zero attached hydrogens (tertiary/aromatic N) is 4. The number of carbonyl (C=O) groups excluding carboxylic acids is 1. The number of hydrogen-bond donors (Lipinski definition) is 0. The number of rotatable bonds is 6. The fourth-order valence-corrected chi connectivity index (χ4v) is 5.19. The van der Waals surface area contributed by atoms with Gasteiger partial charge in [-0.15, -0.1) is 0 Å². The summed E-state index contributed by atoms with van der Waals surface area (Å²) in [4.78, 5) is 20.2. The molecule has 1 amide bonds. The molecule has 0 radical (unpaired) electrons. The Morgan fingerprint density at radius 3 is 2.68 bits per heavy atom. The number of carbonyl (C=O) groups is 1. The number of fused-ring (bicyclic) bond motifs is 3. The molecule has 1 saturated heterocycles. The number of methoxy groups -OCH3 is 2. The Balaban J connectivity index is 1.37. The van der Waals surface area contributed by atoms with Crippen LogP contribution >= 0.6 is 0 Å². The fourth-order valence-electron chi connectivity index (χ4n) is 5.19. The van der Waals surface area contributed by atoms with Crippen molar-refractivity contribution in [3.8, 4) is 11.5 Å². The van der Waals surface area contributed by atoms with Crippen LogP contribution in [0, 0.1) is 13.8 Å². The second kappa shape index (κ2) is 8.97. The Kier molecular flexibility index (Phi) is 5.86. The van der Waals surface area contributed by atoms with Crippen LogP contribution in [0.3, 0.4) is 0 Å². The highest BCUT2D eigenvalue weighted by molar-refractivity contribution is 5.92. The van der Waals surface area contributed by atoms with E-state index in [9.17, 15) is 4.79 Å². The molecule has 1 atom stereocenters. The summed E-state index contributed by atoms with van der Waals surface area (Å²) in [6, 6.07) is 14.0. The lowest BCUT2D eigenvalue weighted by atomic mass is 10.0. The molecule has 2 aromatic carbocycles. The zero-order chi connectivity index (χ0) is 23.8. The molecular weight excluding hydrogens is 428 g/mol. The Bertz CT molecular complexity index is 1380. The van der Waals surface area contributed by atoms with E-state index in [1.54, 1.807) is 14.2 Å². The first kappa shape index (κ1) is 22.2. The lowest BCUT2D eigenvalue weighted by Gasteiger charge is -2.26. The van der Waals surface area contributed by atoms with Gasteiger partial charge >= 0.3 is 0 Å². The van der Waals surface area contributed by atoms with Crippen LogP contribution in [0.15, 0.2) is 42.5 Å². The Morgan fingerprint density at radius 1 is 1.09 bits per heavy atom. The molecule has 176 valence electrons. The smallest absolute Gasteiger partial charge is 0.223 e. The molecule has 4 aromatic rings. The molecule has 1 unspecified atom stereocenters. The van der Waals surface area contributed by atoms with Gasteiger partial charge in [0.15, 0.2) is 17.1 Å². The zero-order valence-corrected chi connectivity index (χ0v) is 20.2. The summed E-state index contributed by atoms with van der Waals surface area (Å²) in [5.41, 5.74) is 5.98. The number of amides is 1. The molecule has 0 N–H and O–H groups in total. The van der Waals surface area contributed by atoms with Crippen LogP contribution in [0.1, 0.15) is 47.8 Å². The van der Waals surface area contributed by atoms with Gasteiger partial charge in [-0.3, -0.25) is 4.79 Å². The minimum Gasteiger partial charge on any atom is -0.493 e. The highest BCUT2D eigenvalue weighted by atomic mass is 16.5. The maximum atomic E-state index is 13.3. The van der Waals surface area contributed by atoms with Gasteiger partial charge in [0.1, 0.15) is 0 Å². The minimum atomic E-state index is 0.0616. The minimum absolute atomic E-state index is 0.0616. The maximum Gasteiger partial charge on any atom is 0.223 e. The van der Waals surface area contributed by atoms with Gasteiger partial charge in [-0.2, -0.15) is 5.10 Å². The van der Waals surface area contributed by atoms with Gasteiger partial charge in [-0.05, 0) is 68.5 Å². The van der Waals surface area contributed by atoms with Gasteiger partial charge in [-0.1, -0.05) is 18.2 Å². The van der Waals surface area contributed by atoms with Crippen LogP contribution in [-0.2, 0) is 11.2 Å². The topological polar surface area (TPSA) is 69.0 Å². The van der Waals surface area contributed by atoms with E-state index in [1.807, 2.05) is 52.7 Å². The van der Waals surface area contributed by atoms with Crippen molar-refractivity contribution < 1.29 is 14.3 Å². The van der Waals surface area contributed by atoms with E-state index in [1.165, 1.54) is 0 Å². The lowest BCUT2D eigenvalue weighted by molar-refractivity contribution is -0.132. The van der Waals surface area contributed by atoms with Crippen LogP contribution in [0.5, 0.6) is 11.5 Å². The van der Waals surface area contributed by atoms with Gasteiger partial charge in [0.25, 0.3) is 0 Å². The van der Waals surface area contributed by atoms with Crippen LogP contribution in [0.2, 0.25) is 0 Å². The number of ether oxygens (including phenoxy) is 2. The van der Waals surface area contributed by atoms with Crippen molar-refractivity contribution in [2.45, 2.75) is 45.6 Å². The third kappa shape index (κ3) is 3.75. The predicted molar refractivity (Wildman–Crippen MR) is 132 cm³/mol. The number of aryl methyl sites for hydroxylation is 2. The first-order valence-corrected chi connectivity index (χ1v) is 11.8. The van der Waals surface area contributed by atoms with E-state index >= 15 is 0 Å². The van der Waals surface area contributed by atoms with Crippen molar-refractivity contribution in [2.24, 2.45) is 0 Å². The molecule has 1 aliphatic heterocycles. The summed E-state index contributed by atoms with van der Waals surface area (Å²) in [5, 5.41) is 5.79. The van der Waals surface area contributed by atoms with E-state index in [0.29, 0.717) is 24.3 Å². The molecule has 1 fully saturated rings. The summed E-state index contributed by atoms with van der Waals surface area (Å²) in [5.74, 6) is 1.56. The average Bonchev–Trinajstić information content (AvgIpc) is 3.49. The van der Waals surface area contributed by atoms with E-state index in [0.717, 1.165) is 58.5 Å². The zero-order valence-electron chi connectivity index (χ0n) is 20.2. The first-order chi connectivity index (χ1) is 16.5. The molecule has 7 nitrogen and oxygen atoms in total. The van der Waals surface area contributed by atoms with Crippen molar-refractivity contribution in [1.29, 1.82) is 0 Å². The predicted octanol–water partition coefficient (Wildman–Crippen LogP) is 4.81. The molecule has 5 rings (SSSR count). The summed E-state index contributed by atoms with van der Waals surface area (Å²) in [6.45, 7) is 4.87. The molecule has 1 aliphatic rings. The number of likely N-dealkylation sites (tertiary alicyclic amines) is 1. The van der Waals surface area contributed by atoms with Gasteiger partial charge in [-0.25, -0.2) is 9.50 Å². The molecular formula is C27H30N4O3. The van der Waals surface area contributed by atoms with E-state index in [-0.39, 0.29) is 11.9 Å². The second-order valence-electron chi connectivity index (χ2n) is 8.87. The van der Waals surface area contributed by atoms with E-state index < -0.39 is 0 Å². The molecule has 0 spiro atoms. The van der Waals surface area contributed by atoms with Crippen molar-refractivity contribution >= 4 is 22.5 Å². The van der Waals surface area contributed by atoms with Gasteiger partial charge in [0.05, 0.1) is 25.8 Å². The second-order valence-corrected chi connectivity index (χ2v) is 8.87. The molecule has 7 heteroatoms. The Labute approximate surface area is 199 Å². The lowest BCUT2D eigenvalue weighted by Crippen LogP contribution is -2.31. The van der Waals surface area contributed by atoms with Crippen LogP contribution in [0.4, 0.5) is 0 Å². The van der Waals surface area contributed by atoms with Gasteiger partial charge in [0, 0.05) is 29.7 Å². The van der Waals surface area contributed by atoms with Gasteiger partial charge in [0.2, 0.25) is 5.91 Å². The SMILES string of the molecule is COc1ccc(C2CCCN2C(=O)CCc2c(C)nc3c4ccccc4nn3c2C)cc1OC. The highest BCUT2D eigenvalue weighted by Gasteiger charge is 2.30. The van der Waals surface area contributed by atoms with Crippen molar-refractivity contribution in [1.82, 2.24) is 19.5 Å². The Morgan fingerprint density at radius 2 is 1.88 bits per heavy atom. The van der Waals surface area contributed by atoms with E-state index in [4.69, 9.17) is 19.6 Å². The standard InChI is InChI=1S/C27H30N4O3/c1-17-20(18(2)31-27(28-17)21-8-5-6-9-22(21)29-31)12-14-26(32)30-15-7-10-23(30)19-11-13-24(33-3)25(16-19)34-4/h5-6,8-9,11,13,16,23H,7,10,12,14-15H2,1-4H3. The monoisotopic (exact) mass is 458 g/mol. The molecule has 0 bridgehead atoms. The summed E-state index contributed by atoms with van der Waals surface area (Å²) in [7, 11) is 3.27. The normalized spacial score (nSPS) is 15.9. The van der Waals surface area contributed by atoms with Crippen molar-refractivity contribution in [3.05, 3.63) is 65.0 Å². The summed E-state index contributed by atoms with van der Waals surface area (Å²) >= 11 is 0. The van der Waals surface area contributed by atoms with Crippen LogP contribution < -0.4 is 9.47 Å². The quantitative estimate of drug-likeness (QED) is 0.415. The number of benzene rings is 2. The maximum absolute atomic E-state index is 13.3. The molecule has 0 aliphatic carbocycles. The third-order valence-corrected chi connectivity index (χ3v) is 6.97. The fraction of sp³-hybridized carbons (Fsp3) is 0.370. The molecule has 2 aromatic heterocycles. The number of aromatic nitrogens is 3. The van der Waals surface area contributed by atoms with Gasteiger partial charge < -0.3 is 14.4 Å². The van der Waals surface area contributed by atoms with Crippen LogP contribution in [0.25, 0.3) is 16.6 Å². The molecule has 34 heavy (non-hydrogen) atoms. The highest BCUT2D eigenvalue weighted by Crippen LogP contribution is 2.37. The van der Waals surface area contributed by atoms with Crippen molar-refractivity contribution in [2.75, 3.05) is 20.8 Å². The molecule has 0 saturated carbocycles. The third-order valence-electron chi connectivity index (χ3n) is 6.97. The number of hydrogen-bond acceptors (Lipinski definition) is 5. The van der Waals surface area contributed by atoms with Crippen LogP contribution in [-0.4, -0.2) is 46.2 Å². The average molecular weight is 459 g/mol. The summed E-state index contributed by atoms with van der Waals surface area (Å²) in [6.07, 6.45) is 3.03. The summed E-state index contributed by atoms with van der Waals surface area (Å²) < 4.78 is 12.8. The largest absolute Gasteiger partial charge is 0.493 e. The van der Waals surface area contributed by atoms with Crippen molar-refractivity contribution in [3.63, 3.8) is 0 Å². The first-order valence-electron chi connectivity index (χ1n) is 11.8. The van der Waals surface area contributed by atoms with E-state index in [2.05, 4.69) is 13.0 Å². The Hall–Kier alpha value is -3.61. The molecule has 3 heterocycles.